The average Bonchev–Trinajstić information content (AvgIpc) is 2.72. The Bertz CT molecular complexity index is 267. The molecule has 1 aromatic rings. The van der Waals surface area contributed by atoms with Crippen LogP contribution in [0.4, 0.5) is 0 Å². The van der Waals surface area contributed by atoms with E-state index in [0.29, 0.717) is 6.04 Å². The van der Waals surface area contributed by atoms with Crippen LogP contribution in [-0.4, -0.2) is 32.3 Å². The molecule has 2 rings (SSSR count). The maximum atomic E-state index is 4.16. The van der Waals surface area contributed by atoms with E-state index < -0.39 is 0 Å². The summed E-state index contributed by atoms with van der Waals surface area (Å²) < 4.78 is 1.81. The van der Waals surface area contributed by atoms with E-state index in [2.05, 4.69) is 15.4 Å². The highest BCUT2D eigenvalue weighted by Gasteiger charge is 2.14. The van der Waals surface area contributed by atoms with E-state index >= 15 is 0 Å². The Hall–Kier alpha value is -0.550. The summed E-state index contributed by atoms with van der Waals surface area (Å²) in [6, 6.07) is 0.668. The predicted molar refractivity (Wildman–Crippen MR) is 53.6 cm³/mol. The molecule has 1 saturated heterocycles. The molecule has 1 atom stereocenters. The molecule has 0 spiro atoms. The molecule has 0 aliphatic carbocycles. The molecule has 13 heavy (non-hydrogen) atoms. The van der Waals surface area contributed by atoms with Gasteiger partial charge in [0.25, 0.3) is 0 Å². The lowest BCUT2D eigenvalue weighted by Crippen LogP contribution is -2.29. The highest BCUT2D eigenvalue weighted by atomic mass is 32.2. The van der Waals surface area contributed by atoms with E-state index in [1.54, 1.807) is 6.33 Å². The van der Waals surface area contributed by atoms with Crippen molar-refractivity contribution in [3.05, 3.63) is 12.2 Å². The van der Waals surface area contributed by atoms with Crippen molar-refractivity contribution in [1.82, 2.24) is 20.1 Å². The van der Waals surface area contributed by atoms with Crippen molar-refractivity contribution >= 4 is 11.8 Å². The van der Waals surface area contributed by atoms with E-state index in [9.17, 15) is 0 Å². The minimum atomic E-state index is 0.668. The summed E-state index contributed by atoms with van der Waals surface area (Å²) in [5, 5.41) is 7.50. The Kier molecular flexibility index (Phi) is 2.85. The molecule has 0 bridgehead atoms. The van der Waals surface area contributed by atoms with Gasteiger partial charge in [-0.05, 0) is 12.2 Å². The first-order chi connectivity index (χ1) is 6.36. The third kappa shape index (κ3) is 2.22. The monoisotopic (exact) mass is 198 g/mol. The maximum absolute atomic E-state index is 4.16. The first-order valence-electron chi connectivity index (χ1n) is 4.50. The van der Waals surface area contributed by atoms with Gasteiger partial charge in [0.15, 0.2) is 0 Å². The number of aryl methyl sites for hydroxylation is 1. The van der Waals surface area contributed by atoms with Crippen LogP contribution in [-0.2, 0) is 13.6 Å². The minimum absolute atomic E-state index is 0.668. The molecule has 1 aliphatic rings. The summed E-state index contributed by atoms with van der Waals surface area (Å²) in [6.45, 7) is 0.835. The first-order valence-corrected chi connectivity index (χ1v) is 5.66. The fourth-order valence-electron chi connectivity index (χ4n) is 1.41. The fraction of sp³-hybridized carbons (Fsp3) is 0.750. The molecular formula is C8H14N4S. The molecule has 0 aromatic carbocycles. The summed E-state index contributed by atoms with van der Waals surface area (Å²) in [5.74, 6) is 3.53. The third-order valence-electron chi connectivity index (χ3n) is 2.28. The summed E-state index contributed by atoms with van der Waals surface area (Å²) >= 11 is 2.02. The molecule has 1 N–H and O–H groups in total. The molecule has 0 radical (unpaired) electrons. The Labute approximate surface area is 82.1 Å². The zero-order valence-corrected chi connectivity index (χ0v) is 8.55. The molecule has 0 saturated carbocycles. The molecule has 5 heteroatoms. The van der Waals surface area contributed by atoms with Gasteiger partial charge in [0, 0.05) is 18.8 Å². The Morgan fingerprint density at radius 2 is 2.69 bits per heavy atom. The van der Waals surface area contributed by atoms with Crippen LogP contribution in [0.15, 0.2) is 6.33 Å². The van der Waals surface area contributed by atoms with Gasteiger partial charge in [-0.1, -0.05) is 0 Å². The normalized spacial score (nSPS) is 22.4. The first kappa shape index (κ1) is 9.02. The van der Waals surface area contributed by atoms with Crippen molar-refractivity contribution in [3.8, 4) is 0 Å². The summed E-state index contributed by atoms with van der Waals surface area (Å²) in [5.41, 5.74) is 0. The van der Waals surface area contributed by atoms with Crippen LogP contribution in [0.2, 0.25) is 0 Å². The Morgan fingerprint density at radius 1 is 1.77 bits per heavy atom. The van der Waals surface area contributed by atoms with Crippen molar-refractivity contribution in [1.29, 1.82) is 0 Å². The van der Waals surface area contributed by atoms with Crippen LogP contribution < -0.4 is 5.32 Å². The van der Waals surface area contributed by atoms with E-state index in [1.807, 2.05) is 23.5 Å². The van der Waals surface area contributed by atoms with Gasteiger partial charge < -0.3 is 5.32 Å². The largest absolute Gasteiger partial charge is 0.306 e. The summed E-state index contributed by atoms with van der Waals surface area (Å²) in [4.78, 5) is 4.16. The highest BCUT2D eigenvalue weighted by Crippen LogP contribution is 2.17. The lowest BCUT2D eigenvalue weighted by atomic mass is 10.2. The molecule has 4 nitrogen and oxygen atoms in total. The van der Waals surface area contributed by atoms with E-state index in [0.717, 1.165) is 12.4 Å². The van der Waals surface area contributed by atoms with Gasteiger partial charge in [0.05, 0.1) is 6.54 Å². The molecule has 72 valence electrons. The van der Waals surface area contributed by atoms with Gasteiger partial charge in [-0.15, -0.1) is 0 Å². The number of aromatic nitrogens is 3. The molecular weight excluding hydrogens is 184 g/mol. The van der Waals surface area contributed by atoms with Crippen LogP contribution in [0, 0.1) is 0 Å². The van der Waals surface area contributed by atoms with Gasteiger partial charge in [-0.3, -0.25) is 4.68 Å². The fourth-order valence-corrected chi connectivity index (χ4v) is 2.60. The Morgan fingerprint density at radius 3 is 3.31 bits per heavy atom. The van der Waals surface area contributed by atoms with E-state index in [1.165, 1.54) is 17.9 Å². The number of nitrogens with one attached hydrogen (secondary N) is 1. The zero-order valence-electron chi connectivity index (χ0n) is 7.73. The van der Waals surface area contributed by atoms with Gasteiger partial charge in [0.1, 0.15) is 12.2 Å². The average molecular weight is 198 g/mol. The second-order valence-electron chi connectivity index (χ2n) is 3.24. The van der Waals surface area contributed by atoms with Crippen molar-refractivity contribution in [2.24, 2.45) is 7.05 Å². The van der Waals surface area contributed by atoms with Crippen LogP contribution in [0.1, 0.15) is 12.2 Å². The third-order valence-corrected chi connectivity index (χ3v) is 3.45. The minimum Gasteiger partial charge on any atom is -0.306 e. The number of nitrogens with zero attached hydrogens (tertiary/aromatic N) is 3. The quantitative estimate of drug-likeness (QED) is 0.764. The highest BCUT2D eigenvalue weighted by molar-refractivity contribution is 7.99. The van der Waals surface area contributed by atoms with Crippen LogP contribution in [0.25, 0.3) is 0 Å². The van der Waals surface area contributed by atoms with E-state index in [-0.39, 0.29) is 0 Å². The van der Waals surface area contributed by atoms with Crippen LogP contribution in [0.5, 0.6) is 0 Å². The molecule has 1 unspecified atom stereocenters. The molecule has 0 amide bonds. The number of hydrogen-bond donors (Lipinski definition) is 1. The van der Waals surface area contributed by atoms with Crippen LogP contribution >= 0.6 is 11.8 Å². The zero-order chi connectivity index (χ0) is 9.10. The van der Waals surface area contributed by atoms with E-state index in [4.69, 9.17) is 0 Å². The topological polar surface area (TPSA) is 42.7 Å². The molecule has 2 heterocycles. The standard InChI is InChI=1S/C8H14N4S/c1-12-8(10-6-11-12)4-9-7-2-3-13-5-7/h6-7,9H,2-5H2,1H3. The van der Waals surface area contributed by atoms with Crippen LogP contribution in [0.3, 0.4) is 0 Å². The van der Waals surface area contributed by atoms with Crippen molar-refractivity contribution in [3.63, 3.8) is 0 Å². The van der Waals surface area contributed by atoms with Crippen molar-refractivity contribution < 1.29 is 0 Å². The van der Waals surface area contributed by atoms with Crippen molar-refractivity contribution in [2.45, 2.75) is 19.0 Å². The lowest BCUT2D eigenvalue weighted by Gasteiger charge is -2.09. The second kappa shape index (κ2) is 4.11. The second-order valence-corrected chi connectivity index (χ2v) is 4.39. The van der Waals surface area contributed by atoms with Gasteiger partial charge in [-0.25, -0.2) is 4.98 Å². The molecule has 1 aliphatic heterocycles. The molecule has 1 fully saturated rings. The summed E-state index contributed by atoms with van der Waals surface area (Å²) in [7, 11) is 1.92. The van der Waals surface area contributed by atoms with Gasteiger partial charge >= 0.3 is 0 Å². The maximum Gasteiger partial charge on any atom is 0.140 e. The molecule has 1 aromatic heterocycles. The van der Waals surface area contributed by atoms with Crippen molar-refractivity contribution in [2.75, 3.05) is 11.5 Å². The summed E-state index contributed by atoms with van der Waals surface area (Å²) in [6.07, 6.45) is 2.88. The SMILES string of the molecule is Cn1ncnc1CNC1CCSC1. The predicted octanol–water partition coefficient (Wildman–Crippen LogP) is 0.410. The number of thioether (sulfide) groups is 1. The lowest BCUT2D eigenvalue weighted by molar-refractivity contribution is 0.529. The number of rotatable bonds is 3. The van der Waals surface area contributed by atoms with Gasteiger partial charge in [0.2, 0.25) is 0 Å². The number of hydrogen-bond acceptors (Lipinski definition) is 4. The van der Waals surface area contributed by atoms with Gasteiger partial charge in [-0.2, -0.15) is 16.9 Å². The Balaban J connectivity index is 1.82. The smallest absolute Gasteiger partial charge is 0.140 e.